The van der Waals surface area contributed by atoms with Crippen molar-refractivity contribution in [1.82, 2.24) is 0 Å². The third kappa shape index (κ3) is 2.85. The van der Waals surface area contributed by atoms with Gasteiger partial charge < -0.3 is 14.6 Å². The second-order valence-corrected chi connectivity index (χ2v) is 11.2. The van der Waals surface area contributed by atoms with Crippen LogP contribution < -0.4 is 9.47 Å². The molecule has 152 valence electrons. The van der Waals surface area contributed by atoms with Gasteiger partial charge in [0.1, 0.15) is 5.60 Å². The number of thiophene rings is 1. The molecule has 0 aliphatic heterocycles. The summed E-state index contributed by atoms with van der Waals surface area (Å²) in [6.45, 7) is 11.8. The molecular weight excluding hydrogens is 356 g/mol. The summed E-state index contributed by atoms with van der Waals surface area (Å²) in [5.41, 5.74) is -1.18. The van der Waals surface area contributed by atoms with Crippen molar-refractivity contribution in [3.63, 3.8) is 0 Å². The van der Waals surface area contributed by atoms with Crippen molar-refractivity contribution >= 4 is 11.3 Å². The molecule has 1 aromatic heterocycles. The Morgan fingerprint density at radius 1 is 1.00 bits per heavy atom. The van der Waals surface area contributed by atoms with Crippen molar-refractivity contribution in [2.75, 3.05) is 13.2 Å². The highest BCUT2D eigenvalue weighted by Gasteiger charge is 2.65. The molecule has 4 fully saturated rings. The molecule has 0 radical (unpaired) electrons. The highest BCUT2D eigenvalue weighted by molar-refractivity contribution is 7.10. The van der Waals surface area contributed by atoms with Crippen LogP contribution in [0.5, 0.6) is 11.5 Å². The van der Waals surface area contributed by atoms with E-state index < -0.39 is 5.60 Å². The van der Waals surface area contributed by atoms with Crippen LogP contribution in [0.3, 0.4) is 0 Å². The van der Waals surface area contributed by atoms with Crippen molar-refractivity contribution in [2.24, 2.45) is 28.6 Å². The first kappa shape index (κ1) is 19.6. The molecule has 1 atom stereocenters. The summed E-state index contributed by atoms with van der Waals surface area (Å²) in [4.78, 5) is 1.00. The second-order valence-electron chi connectivity index (χ2n) is 10.3. The third-order valence-corrected chi connectivity index (χ3v) is 8.57. The fourth-order valence-electron chi connectivity index (χ4n) is 7.05. The minimum Gasteiger partial charge on any atom is -0.489 e. The molecule has 0 spiro atoms. The summed E-state index contributed by atoms with van der Waals surface area (Å²) in [7, 11) is 0. The Hall–Kier alpha value is -0.740. The maximum atomic E-state index is 12.6. The van der Waals surface area contributed by atoms with Crippen molar-refractivity contribution in [3.8, 4) is 11.5 Å². The molecule has 4 saturated carbocycles. The predicted molar refractivity (Wildman–Crippen MR) is 111 cm³/mol. The Balaban J connectivity index is 1.85. The van der Waals surface area contributed by atoms with Crippen molar-refractivity contribution in [2.45, 2.75) is 78.7 Å². The standard InChI is InChI=1S/C23H36O3S/c1-6-25-18-14-27-20(19(18)26-7-2)23(24,21(3,4)5)22-11-15-8-16(12-22)10-17(9-15)13-22/h14-17,24H,6-13H2,1-5H3. The zero-order valence-electron chi connectivity index (χ0n) is 17.6. The van der Waals surface area contributed by atoms with Crippen LogP contribution in [-0.4, -0.2) is 18.3 Å². The van der Waals surface area contributed by atoms with Crippen molar-refractivity contribution < 1.29 is 14.6 Å². The maximum Gasteiger partial charge on any atom is 0.178 e. The third-order valence-electron chi connectivity index (χ3n) is 7.52. The molecule has 1 N–H and O–H groups in total. The molecule has 27 heavy (non-hydrogen) atoms. The average molecular weight is 393 g/mol. The zero-order chi connectivity index (χ0) is 19.4. The molecule has 5 rings (SSSR count). The van der Waals surface area contributed by atoms with Gasteiger partial charge in [-0.2, -0.15) is 0 Å². The first-order valence-corrected chi connectivity index (χ1v) is 11.7. The summed E-state index contributed by atoms with van der Waals surface area (Å²) in [5.74, 6) is 3.98. The Morgan fingerprint density at radius 2 is 1.52 bits per heavy atom. The van der Waals surface area contributed by atoms with E-state index in [9.17, 15) is 5.11 Å². The molecule has 0 saturated heterocycles. The number of hydrogen-bond acceptors (Lipinski definition) is 4. The summed E-state index contributed by atoms with van der Waals surface area (Å²) >= 11 is 1.64. The lowest BCUT2D eigenvalue weighted by molar-refractivity contribution is -0.228. The molecule has 4 bridgehead atoms. The van der Waals surface area contributed by atoms with Gasteiger partial charge in [0.2, 0.25) is 0 Å². The van der Waals surface area contributed by atoms with Crippen LogP contribution in [-0.2, 0) is 5.60 Å². The molecule has 1 aromatic rings. The minimum absolute atomic E-state index is 0.0276. The molecular formula is C23H36O3S. The van der Waals surface area contributed by atoms with Gasteiger partial charge in [-0.05, 0) is 75.5 Å². The first-order chi connectivity index (χ1) is 12.7. The van der Waals surface area contributed by atoms with Gasteiger partial charge in [0.25, 0.3) is 0 Å². The fourth-order valence-corrected chi connectivity index (χ4v) is 8.41. The Labute approximate surface area is 168 Å². The Morgan fingerprint density at radius 3 is 1.96 bits per heavy atom. The van der Waals surface area contributed by atoms with Crippen LogP contribution in [0, 0.1) is 28.6 Å². The average Bonchev–Trinajstić information content (AvgIpc) is 2.95. The smallest absolute Gasteiger partial charge is 0.178 e. The molecule has 4 aliphatic carbocycles. The molecule has 4 heteroatoms. The number of aliphatic hydroxyl groups is 1. The van der Waals surface area contributed by atoms with Gasteiger partial charge in [-0.3, -0.25) is 0 Å². The van der Waals surface area contributed by atoms with Crippen LogP contribution >= 0.6 is 11.3 Å². The molecule has 0 amide bonds. The number of ether oxygens (including phenoxy) is 2. The van der Waals surface area contributed by atoms with Crippen LogP contribution in [0.2, 0.25) is 0 Å². The summed E-state index contributed by atoms with van der Waals surface area (Å²) < 4.78 is 12.0. The van der Waals surface area contributed by atoms with E-state index >= 15 is 0 Å². The van der Waals surface area contributed by atoms with Gasteiger partial charge in [0.05, 0.1) is 18.1 Å². The Bertz CT molecular complexity index is 651. The highest BCUT2D eigenvalue weighted by Crippen LogP contribution is 2.70. The molecule has 4 aliphatic rings. The van der Waals surface area contributed by atoms with E-state index in [2.05, 4.69) is 20.8 Å². The maximum absolute atomic E-state index is 12.6. The molecule has 1 heterocycles. The topological polar surface area (TPSA) is 38.7 Å². The lowest BCUT2D eigenvalue weighted by atomic mass is 9.42. The van der Waals surface area contributed by atoms with Crippen LogP contribution in [0.15, 0.2) is 5.38 Å². The zero-order valence-corrected chi connectivity index (χ0v) is 18.5. The number of rotatable bonds is 6. The van der Waals surface area contributed by atoms with Crippen LogP contribution in [0.4, 0.5) is 0 Å². The normalized spacial score (nSPS) is 34.5. The Kier molecular flexibility index (Phi) is 4.82. The van der Waals surface area contributed by atoms with E-state index in [1.165, 1.54) is 38.5 Å². The SMILES string of the molecule is CCOc1csc(C(O)(C(C)(C)C)C23CC4CC(CC(C4)C2)C3)c1OCC. The van der Waals surface area contributed by atoms with Gasteiger partial charge in [0, 0.05) is 10.8 Å². The van der Waals surface area contributed by atoms with Crippen LogP contribution in [0.1, 0.15) is 78.0 Å². The largest absolute Gasteiger partial charge is 0.489 e. The minimum atomic E-state index is -0.888. The monoisotopic (exact) mass is 392 g/mol. The summed E-state index contributed by atoms with van der Waals surface area (Å²) in [5, 5.41) is 14.7. The van der Waals surface area contributed by atoms with Gasteiger partial charge in [-0.1, -0.05) is 20.8 Å². The van der Waals surface area contributed by atoms with Crippen molar-refractivity contribution in [1.29, 1.82) is 0 Å². The van der Waals surface area contributed by atoms with Crippen molar-refractivity contribution in [3.05, 3.63) is 10.3 Å². The van der Waals surface area contributed by atoms with E-state index in [-0.39, 0.29) is 10.8 Å². The van der Waals surface area contributed by atoms with E-state index in [1.807, 2.05) is 19.2 Å². The predicted octanol–water partition coefficient (Wildman–Crippen LogP) is 6.00. The van der Waals surface area contributed by atoms with Crippen LogP contribution in [0.25, 0.3) is 0 Å². The fraction of sp³-hybridized carbons (Fsp3) is 0.826. The lowest BCUT2D eigenvalue weighted by Crippen LogP contribution is -2.61. The summed E-state index contributed by atoms with van der Waals surface area (Å²) in [6, 6.07) is 0. The molecule has 0 aromatic carbocycles. The lowest BCUT2D eigenvalue weighted by Gasteiger charge is -2.64. The van der Waals surface area contributed by atoms with Gasteiger partial charge in [-0.15, -0.1) is 11.3 Å². The van der Waals surface area contributed by atoms with E-state index in [0.717, 1.165) is 34.1 Å². The summed E-state index contributed by atoms with van der Waals surface area (Å²) in [6.07, 6.45) is 7.64. The van der Waals surface area contributed by atoms with Gasteiger partial charge >= 0.3 is 0 Å². The van der Waals surface area contributed by atoms with E-state index in [1.54, 1.807) is 11.3 Å². The van der Waals surface area contributed by atoms with E-state index in [0.29, 0.717) is 13.2 Å². The first-order valence-electron chi connectivity index (χ1n) is 10.8. The second kappa shape index (κ2) is 6.66. The highest BCUT2D eigenvalue weighted by atomic mass is 32.1. The quantitative estimate of drug-likeness (QED) is 0.646. The molecule has 3 nitrogen and oxygen atoms in total. The van der Waals surface area contributed by atoms with Gasteiger partial charge in [0.15, 0.2) is 11.5 Å². The molecule has 1 unspecified atom stereocenters. The van der Waals surface area contributed by atoms with E-state index in [4.69, 9.17) is 9.47 Å². The van der Waals surface area contributed by atoms with Gasteiger partial charge in [-0.25, -0.2) is 0 Å². The number of hydrogen-bond donors (Lipinski definition) is 1.